The molecule has 0 bridgehead atoms. The molecular weight excluding hydrogens is 180 g/mol. The van der Waals surface area contributed by atoms with Gasteiger partial charge in [-0.1, -0.05) is 5.92 Å². The first kappa shape index (κ1) is 10.3. The molecule has 14 heavy (non-hydrogen) atoms. The van der Waals surface area contributed by atoms with Crippen molar-refractivity contribution in [3.8, 4) is 12.3 Å². The molecule has 1 heterocycles. The second-order valence-electron chi connectivity index (χ2n) is 2.61. The van der Waals surface area contributed by atoms with Gasteiger partial charge < -0.3 is 4.74 Å². The molecule has 4 heteroatoms. The molecule has 0 saturated heterocycles. The Hall–Kier alpha value is -1.76. The maximum atomic E-state index is 11.4. The molecule has 74 valence electrons. The van der Waals surface area contributed by atoms with E-state index in [0.29, 0.717) is 18.7 Å². The fourth-order valence-electron chi connectivity index (χ4n) is 1.04. The van der Waals surface area contributed by atoms with Crippen molar-refractivity contribution in [3.63, 3.8) is 0 Å². The molecule has 0 unspecified atom stereocenters. The number of aryl methyl sites for hydroxylation is 1. The third kappa shape index (κ3) is 1.94. The van der Waals surface area contributed by atoms with Crippen molar-refractivity contribution in [2.45, 2.75) is 20.4 Å². The van der Waals surface area contributed by atoms with Gasteiger partial charge in [0, 0.05) is 12.7 Å². The van der Waals surface area contributed by atoms with Crippen LogP contribution >= 0.6 is 0 Å². The van der Waals surface area contributed by atoms with Crippen molar-refractivity contribution in [3.05, 3.63) is 17.5 Å². The zero-order chi connectivity index (χ0) is 10.6. The molecule has 0 aliphatic heterocycles. The summed E-state index contributed by atoms with van der Waals surface area (Å²) in [6.45, 7) is 4.66. The fourth-order valence-corrected chi connectivity index (χ4v) is 1.04. The number of nitrogens with zero attached hydrogens (tertiary/aromatic N) is 2. The molecule has 0 spiro atoms. The molecule has 0 N–H and O–H groups in total. The number of esters is 1. The predicted octanol–water partition coefficient (Wildman–Crippen LogP) is 1.06. The number of carbonyl (C=O) groups is 1. The molecule has 0 amide bonds. The van der Waals surface area contributed by atoms with E-state index in [9.17, 15) is 4.79 Å². The molecule has 0 aliphatic carbocycles. The van der Waals surface area contributed by atoms with Crippen molar-refractivity contribution in [1.29, 1.82) is 0 Å². The second kappa shape index (κ2) is 4.47. The maximum absolute atomic E-state index is 11.4. The smallest absolute Gasteiger partial charge is 0.360 e. The first-order chi connectivity index (χ1) is 6.72. The first-order valence-corrected chi connectivity index (χ1v) is 4.44. The van der Waals surface area contributed by atoms with Crippen LogP contribution in [0.4, 0.5) is 0 Å². The van der Waals surface area contributed by atoms with Gasteiger partial charge >= 0.3 is 5.97 Å². The Morgan fingerprint density at radius 1 is 1.71 bits per heavy atom. The minimum atomic E-state index is -0.465. The summed E-state index contributed by atoms with van der Waals surface area (Å²) >= 11 is 0. The van der Waals surface area contributed by atoms with E-state index in [0.717, 1.165) is 0 Å². The summed E-state index contributed by atoms with van der Waals surface area (Å²) in [6.07, 6.45) is 6.90. The molecule has 1 aromatic rings. The Balaban J connectivity index is 3.01. The highest BCUT2D eigenvalue weighted by molar-refractivity contribution is 5.90. The number of rotatable bonds is 3. The van der Waals surface area contributed by atoms with Gasteiger partial charge in [-0.25, -0.2) is 4.79 Å². The van der Waals surface area contributed by atoms with E-state index in [2.05, 4.69) is 11.0 Å². The van der Waals surface area contributed by atoms with Crippen molar-refractivity contribution in [2.75, 3.05) is 6.61 Å². The zero-order valence-electron chi connectivity index (χ0n) is 8.28. The minimum Gasteiger partial charge on any atom is -0.461 e. The molecule has 0 atom stereocenters. The molecule has 0 aliphatic rings. The summed E-state index contributed by atoms with van der Waals surface area (Å²) in [6, 6.07) is 0. The predicted molar refractivity (Wildman–Crippen MR) is 51.8 cm³/mol. The van der Waals surface area contributed by atoms with Gasteiger partial charge in [-0.05, 0) is 13.8 Å². The molecular formula is C10H12N2O2. The van der Waals surface area contributed by atoms with Gasteiger partial charge in [-0.3, -0.25) is 4.68 Å². The van der Waals surface area contributed by atoms with Gasteiger partial charge in [0.15, 0.2) is 5.69 Å². The Morgan fingerprint density at radius 3 is 2.93 bits per heavy atom. The van der Waals surface area contributed by atoms with E-state index in [1.807, 2.05) is 6.92 Å². The van der Waals surface area contributed by atoms with E-state index in [1.165, 1.54) is 0 Å². The first-order valence-electron chi connectivity index (χ1n) is 4.44. The Kier molecular flexibility index (Phi) is 3.29. The van der Waals surface area contributed by atoms with Crippen molar-refractivity contribution < 1.29 is 9.53 Å². The van der Waals surface area contributed by atoms with Crippen LogP contribution in [0.3, 0.4) is 0 Å². The topological polar surface area (TPSA) is 44.1 Å². The number of aromatic nitrogens is 2. The number of carbonyl (C=O) groups excluding carboxylic acids is 1. The van der Waals surface area contributed by atoms with Gasteiger partial charge in [-0.2, -0.15) is 5.10 Å². The standard InChI is InChI=1S/C10H12N2O2/c1-4-8-7-12(5-2)11-9(8)10(13)14-6-3/h1,7H,5-6H2,2-3H3. The minimum absolute atomic E-state index is 0.219. The lowest BCUT2D eigenvalue weighted by atomic mass is 10.2. The Bertz CT molecular complexity index is 374. The average Bonchev–Trinajstić information content (AvgIpc) is 2.61. The molecule has 1 aromatic heterocycles. The van der Waals surface area contributed by atoms with Gasteiger partial charge in [0.1, 0.15) is 0 Å². The summed E-state index contributed by atoms with van der Waals surface area (Å²) in [5, 5.41) is 4.02. The van der Waals surface area contributed by atoms with Crippen LogP contribution in [0.1, 0.15) is 29.9 Å². The summed E-state index contributed by atoms with van der Waals surface area (Å²) in [4.78, 5) is 11.4. The van der Waals surface area contributed by atoms with Crippen LogP contribution in [0.2, 0.25) is 0 Å². The number of terminal acetylenes is 1. The van der Waals surface area contributed by atoms with Crippen LogP contribution in [0.25, 0.3) is 0 Å². The van der Waals surface area contributed by atoms with Crippen molar-refractivity contribution >= 4 is 5.97 Å². The number of ether oxygens (including phenoxy) is 1. The zero-order valence-corrected chi connectivity index (χ0v) is 8.28. The third-order valence-corrected chi connectivity index (χ3v) is 1.71. The largest absolute Gasteiger partial charge is 0.461 e. The van der Waals surface area contributed by atoms with Crippen LogP contribution in [-0.4, -0.2) is 22.4 Å². The van der Waals surface area contributed by atoms with Crippen molar-refractivity contribution in [2.24, 2.45) is 0 Å². The van der Waals surface area contributed by atoms with Crippen LogP contribution in [0.15, 0.2) is 6.20 Å². The maximum Gasteiger partial charge on any atom is 0.360 e. The van der Waals surface area contributed by atoms with Gasteiger partial charge in [0.25, 0.3) is 0 Å². The SMILES string of the molecule is C#Cc1cn(CC)nc1C(=O)OCC. The molecule has 4 nitrogen and oxygen atoms in total. The molecule has 0 aromatic carbocycles. The van der Waals surface area contributed by atoms with E-state index in [1.54, 1.807) is 17.8 Å². The van der Waals surface area contributed by atoms with Crippen LogP contribution in [0, 0.1) is 12.3 Å². The monoisotopic (exact) mass is 192 g/mol. The normalized spacial score (nSPS) is 9.50. The fraction of sp³-hybridized carbons (Fsp3) is 0.400. The van der Waals surface area contributed by atoms with Crippen molar-refractivity contribution in [1.82, 2.24) is 9.78 Å². The molecule has 1 rings (SSSR count). The van der Waals surface area contributed by atoms with Gasteiger partial charge in [-0.15, -0.1) is 6.42 Å². The van der Waals surface area contributed by atoms with E-state index in [-0.39, 0.29) is 5.69 Å². The average molecular weight is 192 g/mol. The lowest BCUT2D eigenvalue weighted by molar-refractivity contribution is 0.0518. The molecule has 0 fully saturated rings. The van der Waals surface area contributed by atoms with Crippen LogP contribution < -0.4 is 0 Å². The summed E-state index contributed by atoms with van der Waals surface area (Å²) in [5.41, 5.74) is 0.696. The van der Waals surface area contributed by atoms with Crippen LogP contribution in [-0.2, 0) is 11.3 Å². The van der Waals surface area contributed by atoms with E-state index in [4.69, 9.17) is 11.2 Å². The Labute approximate surface area is 82.9 Å². The second-order valence-corrected chi connectivity index (χ2v) is 2.61. The number of hydrogen-bond acceptors (Lipinski definition) is 3. The van der Waals surface area contributed by atoms with E-state index < -0.39 is 5.97 Å². The lowest BCUT2D eigenvalue weighted by Gasteiger charge is -1.97. The summed E-state index contributed by atoms with van der Waals surface area (Å²) < 4.78 is 6.43. The number of hydrogen-bond donors (Lipinski definition) is 0. The summed E-state index contributed by atoms with van der Waals surface area (Å²) in [5.74, 6) is 1.94. The molecule has 0 radical (unpaired) electrons. The summed E-state index contributed by atoms with van der Waals surface area (Å²) in [7, 11) is 0. The quantitative estimate of drug-likeness (QED) is 0.531. The van der Waals surface area contributed by atoms with Gasteiger partial charge in [0.2, 0.25) is 0 Å². The third-order valence-electron chi connectivity index (χ3n) is 1.71. The highest BCUT2D eigenvalue weighted by atomic mass is 16.5. The Morgan fingerprint density at radius 2 is 2.43 bits per heavy atom. The van der Waals surface area contributed by atoms with Gasteiger partial charge in [0.05, 0.1) is 12.2 Å². The molecule has 0 saturated carbocycles. The van der Waals surface area contributed by atoms with E-state index >= 15 is 0 Å². The van der Waals surface area contributed by atoms with Crippen LogP contribution in [0.5, 0.6) is 0 Å². The highest BCUT2D eigenvalue weighted by Gasteiger charge is 2.15. The highest BCUT2D eigenvalue weighted by Crippen LogP contribution is 2.07. The lowest BCUT2D eigenvalue weighted by Crippen LogP contribution is -2.08.